The summed E-state index contributed by atoms with van der Waals surface area (Å²) in [5.41, 5.74) is 1.77. The highest BCUT2D eigenvalue weighted by Gasteiger charge is 2.19. The van der Waals surface area contributed by atoms with E-state index < -0.39 is 12.0 Å². The molecule has 0 saturated heterocycles. The van der Waals surface area contributed by atoms with E-state index in [-0.39, 0.29) is 24.5 Å². The van der Waals surface area contributed by atoms with Crippen molar-refractivity contribution in [1.29, 1.82) is 0 Å². The van der Waals surface area contributed by atoms with Gasteiger partial charge in [-0.05, 0) is 30.7 Å². The lowest BCUT2D eigenvalue weighted by Crippen LogP contribution is -2.31. The topological polar surface area (TPSA) is 92.7 Å². The monoisotopic (exact) mass is 355 g/mol. The lowest BCUT2D eigenvalue weighted by molar-refractivity contribution is -0.137. The Morgan fingerprint density at radius 2 is 1.81 bits per heavy atom. The molecule has 0 heterocycles. The molecule has 2 N–H and O–H groups in total. The number of nitrogens with one attached hydrogen (secondary N) is 1. The van der Waals surface area contributed by atoms with Gasteiger partial charge in [0.1, 0.15) is 5.75 Å². The zero-order valence-corrected chi connectivity index (χ0v) is 14.7. The maximum atomic E-state index is 12.5. The van der Waals surface area contributed by atoms with Crippen molar-refractivity contribution >= 4 is 17.7 Å². The summed E-state index contributed by atoms with van der Waals surface area (Å²) in [5, 5.41) is 11.9. The molecule has 6 heteroatoms. The Morgan fingerprint density at radius 1 is 1.12 bits per heavy atom. The molecule has 1 amide bonds. The number of benzene rings is 2. The number of methoxy groups -OCH3 is 1. The van der Waals surface area contributed by atoms with Crippen LogP contribution in [-0.4, -0.2) is 29.9 Å². The Labute approximate surface area is 151 Å². The van der Waals surface area contributed by atoms with E-state index in [2.05, 4.69) is 5.32 Å². The third-order valence-electron chi connectivity index (χ3n) is 3.95. The van der Waals surface area contributed by atoms with Gasteiger partial charge in [-0.15, -0.1) is 0 Å². The van der Waals surface area contributed by atoms with Crippen molar-refractivity contribution in [1.82, 2.24) is 5.32 Å². The zero-order chi connectivity index (χ0) is 19.1. The number of carbonyl (C=O) groups excluding carboxylic acids is 2. The van der Waals surface area contributed by atoms with Gasteiger partial charge in [0, 0.05) is 11.1 Å². The van der Waals surface area contributed by atoms with Gasteiger partial charge in [0.25, 0.3) is 0 Å². The number of amides is 1. The highest BCUT2D eigenvalue weighted by atomic mass is 16.5. The zero-order valence-electron chi connectivity index (χ0n) is 14.7. The molecule has 2 rings (SSSR count). The third kappa shape index (κ3) is 5.17. The Morgan fingerprint density at radius 3 is 2.38 bits per heavy atom. The highest BCUT2D eigenvalue weighted by Crippen LogP contribution is 2.22. The minimum absolute atomic E-state index is 0.0206. The lowest BCUT2D eigenvalue weighted by atomic mass is 10.0. The molecule has 136 valence electrons. The molecule has 2 aromatic carbocycles. The molecule has 26 heavy (non-hydrogen) atoms. The summed E-state index contributed by atoms with van der Waals surface area (Å²) >= 11 is 0. The van der Waals surface area contributed by atoms with Gasteiger partial charge < -0.3 is 15.2 Å². The molecular formula is C20H21NO5. The number of ketones is 1. The van der Waals surface area contributed by atoms with Crippen LogP contribution in [-0.2, 0) is 16.0 Å². The molecule has 0 aliphatic rings. The van der Waals surface area contributed by atoms with Crippen LogP contribution in [0.3, 0.4) is 0 Å². The van der Waals surface area contributed by atoms with Crippen LogP contribution in [0.1, 0.15) is 40.9 Å². The minimum atomic E-state index is -1.00. The second kappa shape index (κ2) is 8.80. The number of carboxylic acids is 1. The second-order valence-electron chi connectivity index (χ2n) is 5.89. The quantitative estimate of drug-likeness (QED) is 0.710. The van der Waals surface area contributed by atoms with E-state index in [1.165, 1.54) is 14.0 Å². The van der Waals surface area contributed by atoms with Gasteiger partial charge in [0.2, 0.25) is 5.91 Å². The van der Waals surface area contributed by atoms with Gasteiger partial charge in [0.15, 0.2) is 5.78 Å². The van der Waals surface area contributed by atoms with Crippen LogP contribution >= 0.6 is 0 Å². The number of hydrogen-bond donors (Lipinski definition) is 2. The van der Waals surface area contributed by atoms with E-state index in [0.29, 0.717) is 22.4 Å². The summed E-state index contributed by atoms with van der Waals surface area (Å²) in [6.45, 7) is 1.45. The normalized spacial score (nSPS) is 11.5. The van der Waals surface area contributed by atoms with Crippen LogP contribution in [0.4, 0.5) is 0 Å². The molecule has 0 aliphatic heterocycles. The first-order chi connectivity index (χ1) is 12.4. The Kier molecular flexibility index (Phi) is 6.49. The van der Waals surface area contributed by atoms with Crippen LogP contribution in [0.2, 0.25) is 0 Å². The van der Waals surface area contributed by atoms with Gasteiger partial charge in [-0.25, -0.2) is 0 Å². The maximum Gasteiger partial charge on any atom is 0.305 e. The van der Waals surface area contributed by atoms with Gasteiger partial charge in [-0.3, -0.25) is 14.4 Å². The molecule has 6 nitrogen and oxygen atoms in total. The SMILES string of the molecule is COc1ccc(C(C)=O)cc1CC(=O)NC(CC(=O)O)c1ccccc1. The van der Waals surface area contributed by atoms with Gasteiger partial charge in [-0.2, -0.15) is 0 Å². The van der Waals surface area contributed by atoms with Gasteiger partial charge >= 0.3 is 5.97 Å². The van der Waals surface area contributed by atoms with Gasteiger partial charge in [-0.1, -0.05) is 30.3 Å². The van der Waals surface area contributed by atoms with Crippen LogP contribution < -0.4 is 10.1 Å². The van der Waals surface area contributed by atoms with Crippen LogP contribution in [0.15, 0.2) is 48.5 Å². The molecule has 0 spiro atoms. The van der Waals surface area contributed by atoms with Crippen molar-refractivity contribution in [2.75, 3.05) is 7.11 Å². The number of ether oxygens (including phenoxy) is 1. The summed E-state index contributed by atoms with van der Waals surface area (Å²) in [5.74, 6) is -0.962. The molecule has 1 unspecified atom stereocenters. The Balaban J connectivity index is 2.19. The number of carboxylic acid groups (broad SMARTS) is 1. The average molecular weight is 355 g/mol. The molecule has 2 aromatic rings. The van der Waals surface area contributed by atoms with Crippen molar-refractivity contribution in [3.05, 3.63) is 65.2 Å². The molecule has 0 fully saturated rings. The maximum absolute atomic E-state index is 12.5. The molecule has 0 aromatic heterocycles. The third-order valence-corrected chi connectivity index (χ3v) is 3.95. The fourth-order valence-corrected chi connectivity index (χ4v) is 2.67. The molecule has 0 bridgehead atoms. The lowest BCUT2D eigenvalue weighted by Gasteiger charge is -2.18. The molecular weight excluding hydrogens is 334 g/mol. The van der Waals surface area contributed by atoms with Gasteiger partial charge in [0.05, 0.1) is 26.0 Å². The second-order valence-corrected chi connectivity index (χ2v) is 5.89. The van der Waals surface area contributed by atoms with Crippen LogP contribution in [0.25, 0.3) is 0 Å². The number of Topliss-reactive ketones (excluding diaryl/α,β-unsaturated/α-hetero) is 1. The first kappa shape index (κ1) is 19.2. The minimum Gasteiger partial charge on any atom is -0.496 e. The molecule has 1 atom stereocenters. The van der Waals surface area contributed by atoms with Crippen molar-refractivity contribution < 1.29 is 24.2 Å². The van der Waals surface area contributed by atoms with E-state index in [1.54, 1.807) is 42.5 Å². The summed E-state index contributed by atoms with van der Waals surface area (Å²) in [6.07, 6.45) is -0.242. The fraction of sp³-hybridized carbons (Fsp3) is 0.250. The summed E-state index contributed by atoms with van der Waals surface area (Å²) < 4.78 is 5.25. The molecule has 0 radical (unpaired) electrons. The Bertz CT molecular complexity index is 801. The predicted molar refractivity (Wildman–Crippen MR) is 96.3 cm³/mol. The Hall–Kier alpha value is -3.15. The smallest absolute Gasteiger partial charge is 0.305 e. The highest BCUT2D eigenvalue weighted by molar-refractivity contribution is 5.94. The predicted octanol–water partition coefficient (Wildman–Crippen LogP) is 2.77. The number of carbonyl (C=O) groups is 3. The van der Waals surface area contributed by atoms with E-state index in [0.717, 1.165) is 0 Å². The van der Waals surface area contributed by atoms with Crippen molar-refractivity contribution in [2.45, 2.75) is 25.8 Å². The first-order valence-corrected chi connectivity index (χ1v) is 8.14. The van der Waals surface area contributed by atoms with Crippen LogP contribution in [0.5, 0.6) is 5.75 Å². The summed E-state index contributed by atoms with van der Waals surface area (Å²) in [4.78, 5) is 35.2. The van der Waals surface area contributed by atoms with Crippen molar-refractivity contribution in [2.24, 2.45) is 0 Å². The van der Waals surface area contributed by atoms with Crippen molar-refractivity contribution in [3.8, 4) is 5.75 Å². The fourth-order valence-electron chi connectivity index (χ4n) is 2.67. The van der Waals surface area contributed by atoms with Crippen LogP contribution in [0, 0.1) is 0 Å². The standard InChI is InChI=1S/C20H21NO5/c1-13(22)15-8-9-18(26-2)16(10-15)11-19(23)21-17(12-20(24)25)14-6-4-3-5-7-14/h3-10,17H,11-12H2,1-2H3,(H,21,23)(H,24,25). The van der Waals surface area contributed by atoms with E-state index >= 15 is 0 Å². The first-order valence-electron chi connectivity index (χ1n) is 8.14. The summed E-state index contributed by atoms with van der Waals surface area (Å²) in [7, 11) is 1.49. The number of aliphatic carboxylic acids is 1. The molecule has 0 aliphatic carbocycles. The summed E-state index contributed by atoms with van der Waals surface area (Å²) in [6, 6.07) is 13.2. The number of hydrogen-bond acceptors (Lipinski definition) is 4. The van der Waals surface area contributed by atoms with E-state index in [1.807, 2.05) is 6.07 Å². The largest absolute Gasteiger partial charge is 0.496 e. The van der Waals surface area contributed by atoms with E-state index in [9.17, 15) is 14.4 Å². The average Bonchev–Trinajstić information content (AvgIpc) is 2.61. The number of rotatable bonds is 8. The van der Waals surface area contributed by atoms with Crippen molar-refractivity contribution in [3.63, 3.8) is 0 Å². The molecule has 0 saturated carbocycles. The van der Waals surface area contributed by atoms with E-state index in [4.69, 9.17) is 9.84 Å².